The van der Waals surface area contributed by atoms with Crippen LogP contribution in [0.2, 0.25) is 0 Å². The number of fused-ring (bicyclic) bond motifs is 1. The summed E-state index contributed by atoms with van der Waals surface area (Å²) in [4.78, 5) is 16.3. The molecule has 156 valence electrons. The summed E-state index contributed by atoms with van der Waals surface area (Å²) in [5.41, 5.74) is 4.17. The Labute approximate surface area is 175 Å². The van der Waals surface area contributed by atoms with Crippen molar-refractivity contribution in [1.29, 1.82) is 0 Å². The van der Waals surface area contributed by atoms with E-state index in [0.29, 0.717) is 17.5 Å². The minimum absolute atomic E-state index is 0.0584. The van der Waals surface area contributed by atoms with Crippen molar-refractivity contribution in [1.82, 2.24) is 0 Å². The van der Waals surface area contributed by atoms with Crippen LogP contribution in [0.15, 0.2) is 48.5 Å². The number of anilines is 2. The first-order valence-corrected chi connectivity index (χ1v) is 10.6. The van der Waals surface area contributed by atoms with Crippen LogP contribution in [0.1, 0.15) is 63.9 Å². The number of nitrogens with zero attached hydrogens (tertiary/aromatic N) is 2. The second-order valence-electron chi connectivity index (χ2n) is 9.49. The molecule has 0 radical (unpaired) electrons. The number of carboxylic acid groups (broad SMARTS) is 1. The molecule has 0 amide bonds. The molecule has 2 aromatic rings. The highest BCUT2D eigenvalue weighted by Gasteiger charge is 2.41. The van der Waals surface area contributed by atoms with Crippen LogP contribution in [0.3, 0.4) is 0 Å². The van der Waals surface area contributed by atoms with Crippen LogP contribution in [-0.4, -0.2) is 29.8 Å². The lowest BCUT2D eigenvalue weighted by atomic mass is 9.75. The van der Waals surface area contributed by atoms with Crippen LogP contribution in [0.25, 0.3) is 0 Å². The van der Waals surface area contributed by atoms with Gasteiger partial charge in [0.15, 0.2) is 0 Å². The Kier molecular flexibility index (Phi) is 5.92. The SMILES string of the molecule is CC(C)CN(c1ccc(C(=O)O)cc1)C1CC(C)(C)c2ccccc2N1C(C)C. The molecule has 4 heteroatoms. The molecule has 2 aromatic carbocycles. The molecule has 29 heavy (non-hydrogen) atoms. The third-order valence-corrected chi connectivity index (χ3v) is 5.85. The first-order valence-electron chi connectivity index (χ1n) is 10.6. The quantitative estimate of drug-likeness (QED) is 0.675. The number of para-hydroxylation sites is 1. The van der Waals surface area contributed by atoms with Gasteiger partial charge < -0.3 is 14.9 Å². The van der Waals surface area contributed by atoms with Gasteiger partial charge >= 0.3 is 5.97 Å². The van der Waals surface area contributed by atoms with Crippen LogP contribution < -0.4 is 9.80 Å². The van der Waals surface area contributed by atoms with E-state index in [4.69, 9.17) is 0 Å². The van der Waals surface area contributed by atoms with Crippen LogP contribution in [0, 0.1) is 5.92 Å². The van der Waals surface area contributed by atoms with Crippen LogP contribution >= 0.6 is 0 Å². The summed E-state index contributed by atoms with van der Waals surface area (Å²) < 4.78 is 0. The van der Waals surface area contributed by atoms with E-state index in [1.165, 1.54) is 11.3 Å². The van der Waals surface area contributed by atoms with Crippen molar-refractivity contribution in [3.63, 3.8) is 0 Å². The van der Waals surface area contributed by atoms with Gasteiger partial charge in [-0.2, -0.15) is 0 Å². The summed E-state index contributed by atoms with van der Waals surface area (Å²) in [5, 5.41) is 9.28. The molecule has 1 aliphatic rings. The standard InChI is InChI=1S/C25H34N2O2/c1-17(2)16-26(20-13-11-19(12-14-20)24(28)29)23-15-25(5,6)21-9-7-8-10-22(21)27(23)18(3)4/h7-14,17-18,23H,15-16H2,1-6H3,(H,28,29). The zero-order chi connectivity index (χ0) is 21.3. The number of hydrogen-bond acceptors (Lipinski definition) is 3. The summed E-state index contributed by atoms with van der Waals surface area (Å²) in [6.45, 7) is 14.6. The lowest BCUT2D eigenvalue weighted by molar-refractivity contribution is 0.0697. The summed E-state index contributed by atoms with van der Waals surface area (Å²) in [5.74, 6) is -0.396. The molecule has 1 atom stereocenters. The van der Waals surface area contributed by atoms with Gasteiger partial charge in [0, 0.05) is 24.0 Å². The van der Waals surface area contributed by atoms with Crippen molar-refractivity contribution in [3.8, 4) is 0 Å². The van der Waals surface area contributed by atoms with Gasteiger partial charge in [0.25, 0.3) is 0 Å². The predicted octanol–water partition coefficient (Wildman–Crippen LogP) is 5.77. The fraction of sp³-hybridized carbons (Fsp3) is 0.480. The van der Waals surface area contributed by atoms with E-state index in [-0.39, 0.29) is 11.6 Å². The lowest BCUT2D eigenvalue weighted by Crippen LogP contribution is -2.58. The molecule has 0 saturated heterocycles. The molecular weight excluding hydrogens is 360 g/mol. The Morgan fingerprint density at radius 2 is 1.72 bits per heavy atom. The highest BCUT2D eigenvalue weighted by Crippen LogP contribution is 2.45. The summed E-state index contributed by atoms with van der Waals surface area (Å²) in [7, 11) is 0. The number of aromatic carboxylic acids is 1. The van der Waals surface area contributed by atoms with Gasteiger partial charge in [-0.3, -0.25) is 0 Å². The molecule has 0 aliphatic carbocycles. The van der Waals surface area contributed by atoms with E-state index in [1.807, 2.05) is 12.1 Å². The maximum Gasteiger partial charge on any atom is 0.335 e. The Morgan fingerprint density at radius 3 is 2.28 bits per heavy atom. The molecule has 1 N–H and O–H groups in total. The molecule has 0 saturated carbocycles. The van der Waals surface area contributed by atoms with Crippen molar-refractivity contribution in [2.45, 2.75) is 65.6 Å². The Hall–Kier alpha value is -2.49. The Morgan fingerprint density at radius 1 is 1.10 bits per heavy atom. The maximum absolute atomic E-state index is 11.3. The maximum atomic E-state index is 11.3. The monoisotopic (exact) mass is 394 g/mol. The lowest BCUT2D eigenvalue weighted by Gasteiger charge is -2.52. The topological polar surface area (TPSA) is 43.8 Å². The van der Waals surface area contributed by atoms with E-state index in [1.54, 1.807) is 12.1 Å². The van der Waals surface area contributed by atoms with E-state index >= 15 is 0 Å². The number of benzene rings is 2. The van der Waals surface area contributed by atoms with Crippen molar-refractivity contribution in [2.75, 3.05) is 16.3 Å². The molecule has 0 aromatic heterocycles. The fourth-order valence-electron chi connectivity index (χ4n) is 4.57. The zero-order valence-corrected chi connectivity index (χ0v) is 18.5. The molecule has 0 fully saturated rings. The molecule has 0 spiro atoms. The minimum atomic E-state index is -0.886. The number of carboxylic acids is 1. The van der Waals surface area contributed by atoms with E-state index in [9.17, 15) is 9.90 Å². The first kappa shape index (κ1) is 21.2. The van der Waals surface area contributed by atoms with Gasteiger partial charge in [-0.05, 0) is 67.5 Å². The molecule has 1 unspecified atom stereocenters. The summed E-state index contributed by atoms with van der Waals surface area (Å²) in [6.07, 6.45) is 1.22. The molecule has 1 heterocycles. The Bertz CT molecular complexity index is 855. The summed E-state index contributed by atoms with van der Waals surface area (Å²) in [6, 6.07) is 16.5. The molecule has 4 nitrogen and oxygen atoms in total. The van der Waals surface area contributed by atoms with Crippen LogP contribution in [0.4, 0.5) is 11.4 Å². The van der Waals surface area contributed by atoms with Gasteiger partial charge in [-0.25, -0.2) is 4.79 Å². The summed E-state index contributed by atoms with van der Waals surface area (Å²) >= 11 is 0. The van der Waals surface area contributed by atoms with E-state index in [2.05, 4.69) is 75.6 Å². The second kappa shape index (κ2) is 8.10. The molecular formula is C25H34N2O2. The zero-order valence-electron chi connectivity index (χ0n) is 18.5. The molecule has 0 bridgehead atoms. The predicted molar refractivity (Wildman–Crippen MR) is 121 cm³/mol. The smallest absolute Gasteiger partial charge is 0.335 e. The molecule has 1 aliphatic heterocycles. The van der Waals surface area contributed by atoms with Crippen molar-refractivity contribution >= 4 is 17.3 Å². The minimum Gasteiger partial charge on any atom is -0.478 e. The van der Waals surface area contributed by atoms with Crippen LogP contribution in [0.5, 0.6) is 0 Å². The van der Waals surface area contributed by atoms with Gasteiger partial charge in [0.1, 0.15) is 6.17 Å². The average molecular weight is 395 g/mol. The highest BCUT2D eigenvalue weighted by atomic mass is 16.4. The normalized spacial score (nSPS) is 18.1. The first-order chi connectivity index (χ1) is 13.6. The number of rotatable bonds is 6. The third-order valence-electron chi connectivity index (χ3n) is 5.85. The van der Waals surface area contributed by atoms with E-state index in [0.717, 1.165) is 18.7 Å². The molecule has 3 rings (SSSR count). The third kappa shape index (κ3) is 4.26. The van der Waals surface area contributed by atoms with Gasteiger partial charge in [-0.1, -0.05) is 45.9 Å². The number of hydrogen-bond donors (Lipinski definition) is 1. The number of carbonyl (C=O) groups is 1. The fourth-order valence-corrected chi connectivity index (χ4v) is 4.57. The largest absolute Gasteiger partial charge is 0.478 e. The van der Waals surface area contributed by atoms with Crippen molar-refractivity contribution < 1.29 is 9.90 Å². The van der Waals surface area contributed by atoms with E-state index < -0.39 is 5.97 Å². The van der Waals surface area contributed by atoms with Gasteiger partial charge in [0.05, 0.1) is 5.56 Å². The second-order valence-corrected chi connectivity index (χ2v) is 9.49. The Balaban J connectivity index is 2.09. The van der Waals surface area contributed by atoms with Gasteiger partial charge in [-0.15, -0.1) is 0 Å². The average Bonchev–Trinajstić information content (AvgIpc) is 2.65. The van der Waals surface area contributed by atoms with Crippen molar-refractivity contribution in [2.24, 2.45) is 5.92 Å². The van der Waals surface area contributed by atoms with Gasteiger partial charge in [0.2, 0.25) is 0 Å². The van der Waals surface area contributed by atoms with Crippen molar-refractivity contribution in [3.05, 3.63) is 59.7 Å². The highest BCUT2D eigenvalue weighted by molar-refractivity contribution is 5.88. The van der Waals surface area contributed by atoms with Crippen LogP contribution in [-0.2, 0) is 5.41 Å².